The zero-order valence-electron chi connectivity index (χ0n) is 13.4. The predicted molar refractivity (Wildman–Crippen MR) is 90.5 cm³/mol. The Morgan fingerprint density at radius 2 is 1.83 bits per heavy atom. The molecule has 1 atom stereocenters. The first kappa shape index (κ1) is 16.5. The van der Waals surface area contributed by atoms with Crippen molar-refractivity contribution in [1.29, 1.82) is 0 Å². The zero-order valence-corrected chi connectivity index (χ0v) is 13.4. The molecule has 0 aliphatic rings. The molecule has 1 unspecified atom stereocenters. The van der Waals surface area contributed by atoms with Gasteiger partial charge in [0.1, 0.15) is 17.3 Å². The topological polar surface area (TPSA) is 73.9 Å². The van der Waals surface area contributed by atoms with Crippen LogP contribution < -0.4 is 10.5 Å². The second kappa shape index (κ2) is 7.45. The van der Waals surface area contributed by atoms with Gasteiger partial charge in [0.2, 0.25) is 0 Å². The SMILES string of the molecule is COC(=O)c1ccc(OC)c(N=C(N)C(C)c2ccccc2)c1. The molecule has 0 spiro atoms. The van der Waals surface area contributed by atoms with Crippen molar-refractivity contribution < 1.29 is 14.3 Å². The van der Waals surface area contributed by atoms with Gasteiger partial charge in [-0.3, -0.25) is 0 Å². The molecule has 0 aliphatic carbocycles. The van der Waals surface area contributed by atoms with E-state index in [1.54, 1.807) is 25.3 Å². The number of esters is 1. The highest BCUT2D eigenvalue weighted by Gasteiger charge is 2.13. The molecule has 120 valence electrons. The zero-order chi connectivity index (χ0) is 16.8. The molecule has 0 aromatic heterocycles. The Kier molecular flexibility index (Phi) is 5.36. The lowest BCUT2D eigenvalue weighted by atomic mass is 10.0. The maximum atomic E-state index is 11.7. The maximum Gasteiger partial charge on any atom is 0.337 e. The molecule has 0 saturated carbocycles. The molecule has 2 aromatic rings. The van der Waals surface area contributed by atoms with Crippen molar-refractivity contribution in [3.8, 4) is 5.75 Å². The number of carbonyl (C=O) groups excluding carboxylic acids is 1. The summed E-state index contributed by atoms with van der Waals surface area (Å²) in [6.07, 6.45) is 0. The molecule has 0 radical (unpaired) electrons. The summed E-state index contributed by atoms with van der Waals surface area (Å²) >= 11 is 0. The minimum absolute atomic E-state index is 0.0531. The monoisotopic (exact) mass is 312 g/mol. The number of rotatable bonds is 5. The Hall–Kier alpha value is -2.82. The molecular weight excluding hydrogens is 292 g/mol. The third-order valence-corrected chi connectivity index (χ3v) is 3.59. The van der Waals surface area contributed by atoms with E-state index in [1.807, 2.05) is 37.3 Å². The number of methoxy groups -OCH3 is 2. The first-order valence-electron chi connectivity index (χ1n) is 7.22. The Morgan fingerprint density at radius 1 is 1.13 bits per heavy atom. The Labute approximate surface area is 135 Å². The summed E-state index contributed by atoms with van der Waals surface area (Å²) < 4.78 is 10.0. The highest BCUT2D eigenvalue weighted by molar-refractivity contribution is 5.93. The summed E-state index contributed by atoms with van der Waals surface area (Å²) in [5.74, 6) is 0.499. The molecule has 2 N–H and O–H groups in total. The van der Waals surface area contributed by atoms with E-state index in [1.165, 1.54) is 7.11 Å². The molecule has 5 heteroatoms. The van der Waals surface area contributed by atoms with Gasteiger partial charge in [0.05, 0.1) is 19.8 Å². The van der Waals surface area contributed by atoms with Crippen LogP contribution in [0.5, 0.6) is 5.75 Å². The molecule has 5 nitrogen and oxygen atoms in total. The Bertz CT molecular complexity index is 711. The summed E-state index contributed by atoms with van der Waals surface area (Å²) in [5.41, 5.74) is 8.10. The summed E-state index contributed by atoms with van der Waals surface area (Å²) in [4.78, 5) is 16.1. The number of hydrogen-bond donors (Lipinski definition) is 1. The summed E-state index contributed by atoms with van der Waals surface area (Å²) in [5, 5.41) is 0. The van der Waals surface area contributed by atoms with Crippen LogP contribution in [0.25, 0.3) is 0 Å². The Balaban J connectivity index is 2.38. The van der Waals surface area contributed by atoms with Crippen LogP contribution in [-0.2, 0) is 4.74 Å². The molecule has 2 rings (SSSR count). The lowest BCUT2D eigenvalue weighted by molar-refractivity contribution is 0.0600. The van der Waals surface area contributed by atoms with Gasteiger partial charge in [-0.2, -0.15) is 0 Å². The van der Waals surface area contributed by atoms with E-state index in [0.717, 1.165) is 5.56 Å². The van der Waals surface area contributed by atoms with Crippen molar-refractivity contribution in [3.05, 3.63) is 59.7 Å². The smallest absolute Gasteiger partial charge is 0.337 e. The number of benzene rings is 2. The number of ether oxygens (including phenoxy) is 2. The number of nitrogens with two attached hydrogens (primary N) is 1. The third-order valence-electron chi connectivity index (χ3n) is 3.59. The highest BCUT2D eigenvalue weighted by atomic mass is 16.5. The van der Waals surface area contributed by atoms with E-state index in [9.17, 15) is 4.79 Å². The van der Waals surface area contributed by atoms with Gasteiger partial charge in [-0.1, -0.05) is 37.3 Å². The largest absolute Gasteiger partial charge is 0.494 e. The second-order valence-corrected chi connectivity index (χ2v) is 5.05. The molecule has 0 fully saturated rings. The number of amidine groups is 1. The summed E-state index contributed by atoms with van der Waals surface area (Å²) in [6.45, 7) is 1.98. The molecule has 2 aromatic carbocycles. The van der Waals surface area contributed by atoms with Gasteiger partial charge in [-0.15, -0.1) is 0 Å². The lowest BCUT2D eigenvalue weighted by Crippen LogP contribution is -2.19. The van der Waals surface area contributed by atoms with E-state index < -0.39 is 5.97 Å². The standard InChI is InChI=1S/C18H20N2O3/c1-12(13-7-5-4-6-8-13)17(19)20-15-11-14(18(21)23-3)9-10-16(15)22-2/h4-12H,1-3H3,(H2,19,20). The number of carbonyl (C=O) groups is 1. The molecule has 0 heterocycles. The van der Waals surface area contributed by atoms with Gasteiger partial charge in [0, 0.05) is 5.92 Å². The molecule has 0 saturated heterocycles. The van der Waals surface area contributed by atoms with Gasteiger partial charge >= 0.3 is 5.97 Å². The normalized spacial score (nSPS) is 12.6. The van der Waals surface area contributed by atoms with Crippen LogP contribution in [-0.4, -0.2) is 26.0 Å². The number of nitrogens with zero attached hydrogens (tertiary/aromatic N) is 1. The molecular formula is C18H20N2O3. The fourth-order valence-corrected chi connectivity index (χ4v) is 2.17. The van der Waals surface area contributed by atoms with Crippen molar-refractivity contribution in [2.75, 3.05) is 14.2 Å². The molecule has 23 heavy (non-hydrogen) atoms. The van der Waals surface area contributed by atoms with Crippen molar-refractivity contribution in [2.24, 2.45) is 10.7 Å². The van der Waals surface area contributed by atoms with Gasteiger partial charge in [0.25, 0.3) is 0 Å². The second-order valence-electron chi connectivity index (χ2n) is 5.05. The van der Waals surface area contributed by atoms with Gasteiger partial charge in [-0.05, 0) is 23.8 Å². The van der Waals surface area contributed by atoms with Crippen LogP contribution in [0.1, 0.15) is 28.8 Å². The van der Waals surface area contributed by atoms with Crippen LogP contribution in [0, 0.1) is 0 Å². The van der Waals surface area contributed by atoms with Crippen LogP contribution in [0.4, 0.5) is 5.69 Å². The van der Waals surface area contributed by atoms with E-state index in [0.29, 0.717) is 22.8 Å². The predicted octanol–water partition coefficient (Wildman–Crippen LogP) is 3.27. The number of aliphatic imine (C=N–C) groups is 1. The lowest BCUT2D eigenvalue weighted by Gasteiger charge is -2.13. The van der Waals surface area contributed by atoms with Crippen LogP contribution in [0.2, 0.25) is 0 Å². The average Bonchev–Trinajstić information content (AvgIpc) is 2.60. The summed E-state index contributed by atoms with van der Waals surface area (Å²) in [6, 6.07) is 14.8. The van der Waals surface area contributed by atoms with E-state index in [4.69, 9.17) is 15.2 Å². The fourth-order valence-electron chi connectivity index (χ4n) is 2.17. The van der Waals surface area contributed by atoms with Crippen LogP contribution >= 0.6 is 0 Å². The number of hydrogen-bond acceptors (Lipinski definition) is 4. The van der Waals surface area contributed by atoms with Crippen molar-refractivity contribution in [1.82, 2.24) is 0 Å². The molecule has 0 aliphatic heterocycles. The van der Waals surface area contributed by atoms with Crippen LogP contribution in [0.15, 0.2) is 53.5 Å². The maximum absolute atomic E-state index is 11.7. The van der Waals surface area contributed by atoms with Crippen molar-refractivity contribution in [2.45, 2.75) is 12.8 Å². The van der Waals surface area contributed by atoms with Crippen LogP contribution in [0.3, 0.4) is 0 Å². The van der Waals surface area contributed by atoms with Gasteiger partial charge in [-0.25, -0.2) is 9.79 Å². The van der Waals surface area contributed by atoms with Gasteiger partial charge < -0.3 is 15.2 Å². The van der Waals surface area contributed by atoms with Gasteiger partial charge in [0.15, 0.2) is 0 Å². The first-order chi connectivity index (χ1) is 11.1. The van der Waals surface area contributed by atoms with Crippen molar-refractivity contribution >= 4 is 17.5 Å². The minimum Gasteiger partial charge on any atom is -0.494 e. The highest BCUT2D eigenvalue weighted by Crippen LogP contribution is 2.30. The summed E-state index contributed by atoms with van der Waals surface area (Å²) in [7, 11) is 2.88. The first-order valence-corrected chi connectivity index (χ1v) is 7.22. The van der Waals surface area contributed by atoms with E-state index >= 15 is 0 Å². The average molecular weight is 312 g/mol. The Morgan fingerprint density at radius 3 is 2.43 bits per heavy atom. The fraction of sp³-hybridized carbons (Fsp3) is 0.222. The molecule has 0 amide bonds. The van der Waals surface area contributed by atoms with E-state index in [2.05, 4.69) is 4.99 Å². The minimum atomic E-state index is -0.432. The molecule has 0 bridgehead atoms. The van der Waals surface area contributed by atoms with Crippen molar-refractivity contribution in [3.63, 3.8) is 0 Å². The quantitative estimate of drug-likeness (QED) is 0.522. The van der Waals surface area contributed by atoms with E-state index in [-0.39, 0.29) is 5.92 Å². The third kappa shape index (κ3) is 3.88.